The lowest BCUT2D eigenvalue weighted by Gasteiger charge is -2.01. The van der Waals surface area contributed by atoms with Crippen molar-refractivity contribution in [3.63, 3.8) is 0 Å². The number of aromatic nitrogens is 1. The lowest BCUT2D eigenvalue weighted by atomic mass is 10.1. The normalized spacial score (nSPS) is 10.7. The number of pyridine rings is 1. The number of nitrogens with one attached hydrogen (secondary N) is 1. The summed E-state index contributed by atoms with van der Waals surface area (Å²) in [5.41, 5.74) is 7.08. The van der Waals surface area contributed by atoms with Gasteiger partial charge >= 0.3 is 0 Å². The SMILES string of the molecule is C(=NNc1ccccc1)c1ccc(-c2ccccn2)cc1. The molecule has 3 aromatic rings. The average molecular weight is 273 g/mol. The summed E-state index contributed by atoms with van der Waals surface area (Å²) < 4.78 is 0. The number of anilines is 1. The minimum atomic E-state index is 0.971. The van der Waals surface area contributed by atoms with Gasteiger partial charge in [-0.3, -0.25) is 10.4 Å². The van der Waals surface area contributed by atoms with Crippen LogP contribution in [0.2, 0.25) is 0 Å². The van der Waals surface area contributed by atoms with Crippen molar-refractivity contribution in [1.82, 2.24) is 4.98 Å². The zero-order valence-corrected chi connectivity index (χ0v) is 11.5. The second kappa shape index (κ2) is 6.48. The van der Waals surface area contributed by atoms with E-state index in [4.69, 9.17) is 0 Å². The molecule has 0 aliphatic heterocycles. The van der Waals surface area contributed by atoms with Gasteiger partial charge in [-0.25, -0.2) is 0 Å². The van der Waals surface area contributed by atoms with Gasteiger partial charge in [0, 0.05) is 11.8 Å². The van der Waals surface area contributed by atoms with E-state index in [9.17, 15) is 0 Å². The van der Waals surface area contributed by atoms with E-state index in [2.05, 4.69) is 15.5 Å². The van der Waals surface area contributed by atoms with Gasteiger partial charge in [0.2, 0.25) is 0 Å². The molecule has 1 heterocycles. The first-order chi connectivity index (χ1) is 10.4. The second-order valence-corrected chi connectivity index (χ2v) is 4.57. The van der Waals surface area contributed by atoms with Gasteiger partial charge in [-0.1, -0.05) is 48.5 Å². The van der Waals surface area contributed by atoms with Crippen LogP contribution in [0.4, 0.5) is 5.69 Å². The quantitative estimate of drug-likeness (QED) is 0.571. The van der Waals surface area contributed by atoms with Crippen LogP contribution in [0.15, 0.2) is 84.1 Å². The molecule has 2 aromatic carbocycles. The Kier molecular flexibility index (Phi) is 4.03. The molecule has 0 unspecified atom stereocenters. The van der Waals surface area contributed by atoms with Crippen LogP contribution in [-0.2, 0) is 0 Å². The van der Waals surface area contributed by atoms with Crippen LogP contribution in [0, 0.1) is 0 Å². The summed E-state index contributed by atoms with van der Waals surface area (Å²) in [6.07, 6.45) is 3.60. The third kappa shape index (κ3) is 3.54. The van der Waals surface area contributed by atoms with Gasteiger partial charge in [-0.15, -0.1) is 0 Å². The molecule has 3 rings (SSSR count). The van der Waals surface area contributed by atoms with Crippen molar-refractivity contribution in [3.05, 3.63) is 84.6 Å². The molecule has 0 bridgehead atoms. The first-order valence-electron chi connectivity index (χ1n) is 6.77. The predicted octanol–water partition coefficient (Wildman–Crippen LogP) is 4.19. The highest BCUT2D eigenvalue weighted by molar-refractivity contribution is 5.81. The number of rotatable bonds is 4. The van der Waals surface area contributed by atoms with Crippen LogP contribution in [-0.4, -0.2) is 11.2 Å². The molecule has 21 heavy (non-hydrogen) atoms. The van der Waals surface area contributed by atoms with Crippen molar-refractivity contribution >= 4 is 11.9 Å². The Morgan fingerprint density at radius 1 is 0.810 bits per heavy atom. The molecule has 0 amide bonds. The molecule has 0 atom stereocenters. The third-order valence-electron chi connectivity index (χ3n) is 3.05. The van der Waals surface area contributed by atoms with Crippen molar-refractivity contribution in [3.8, 4) is 11.3 Å². The van der Waals surface area contributed by atoms with Crippen LogP contribution in [0.3, 0.4) is 0 Å². The number of hydrogen-bond donors (Lipinski definition) is 1. The molecule has 3 heteroatoms. The maximum absolute atomic E-state index is 4.33. The van der Waals surface area contributed by atoms with E-state index in [1.807, 2.05) is 72.8 Å². The molecule has 1 aromatic heterocycles. The monoisotopic (exact) mass is 273 g/mol. The Labute approximate surface area is 124 Å². The topological polar surface area (TPSA) is 37.3 Å². The molecule has 102 valence electrons. The zero-order chi connectivity index (χ0) is 14.3. The van der Waals surface area contributed by atoms with Crippen LogP contribution in [0.1, 0.15) is 5.56 Å². The van der Waals surface area contributed by atoms with Crippen molar-refractivity contribution in [2.24, 2.45) is 5.10 Å². The van der Waals surface area contributed by atoms with Gasteiger partial charge in [0.1, 0.15) is 0 Å². The van der Waals surface area contributed by atoms with E-state index in [0.29, 0.717) is 0 Å². The van der Waals surface area contributed by atoms with Crippen molar-refractivity contribution in [2.45, 2.75) is 0 Å². The summed E-state index contributed by atoms with van der Waals surface area (Å²) >= 11 is 0. The lowest BCUT2D eigenvalue weighted by Crippen LogP contribution is -1.90. The summed E-state index contributed by atoms with van der Waals surface area (Å²) in [6.45, 7) is 0. The Bertz CT molecular complexity index is 704. The van der Waals surface area contributed by atoms with E-state index in [0.717, 1.165) is 22.5 Å². The van der Waals surface area contributed by atoms with Crippen LogP contribution in [0.5, 0.6) is 0 Å². The minimum absolute atomic E-state index is 0.971. The molecule has 0 saturated carbocycles. The van der Waals surface area contributed by atoms with Crippen LogP contribution >= 0.6 is 0 Å². The van der Waals surface area contributed by atoms with Crippen molar-refractivity contribution < 1.29 is 0 Å². The number of benzene rings is 2. The van der Waals surface area contributed by atoms with E-state index in [1.54, 1.807) is 12.4 Å². The Balaban J connectivity index is 1.67. The highest BCUT2D eigenvalue weighted by Gasteiger charge is 1.97. The molecular formula is C18H15N3. The third-order valence-corrected chi connectivity index (χ3v) is 3.05. The Morgan fingerprint density at radius 3 is 2.29 bits per heavy atom. The van der Waals surface area contributed by atoms with E-state index >= 15 is 0 Å². The number of para-hydroxylation sites is 1. The molecule has 0 aliphatic rings. The van der Waals surface area contributed by atoms with Gasteiger partial charge in [-0.2, -0.15) is 5.10 Å². The lowest BCUT2D eigenvalue weighted by molar-refractivity contribution is 1.32. The summed E-state index contributed by atoms with van der Waals surface area (Å²) in [7, 11) is 0. The summed E-state index contributed by atoms with van der Waals surface area (Å²) in [5, 5.41) is 4.22. The van der Waals surface area contributed by atoms with E-state index in [-0.39, 0.29) is 0 Å². The number of nitrogens with zero attached hydrogens (tertiary/aromatic N) is 2. The molecule has 0 saturated heterocycles. The highest BCUT2D eigenvalue weighted by Crippen LogP contribution is 2.16. The smallest absolute Gasteiger partial charge is 0.0701 e. The van der Waals surface area contributed by atoms with Gasteiger partial charge in [0.15, 0.2) is 0 Å². The first-order valence-corrected chi connectivity index (χ1v) is 6.77. The zero-order valence-electron chi connectivity index (χ0n) is 11.5. The molecule has 3 nitrogen and oxygen atoms in total. The predicted molar refractivity (Wildman–Crippen MR) is 87.3 cm³/mol. The van der Waals surface area contributed by atoms with Crippen LogP contribution < -0.4 is 5.43 Å². The van der Waals surface area contributed by atoms with Crippen molar-refractivity contribution in [2.75, 3.05) is 5.43 Å². The van der Waals surface area contributed by atoms with Gasteiger partial charge in [0.05, 0.1) is 17.6 Å². The number of hydrazone groups is 1. The molecule has 0 fully saturated rings. The summed E-state index contributed by atoms with van der Waals surface area (Å²) in [5.74, 6) is 0. The second-order valence-electron chi connectivity index (χ2n) is 4.57. The van der Waals surface area contributed by atoms with Crippen molar-refractivity contribution in [1.29, 1.82) is 0 Å². The summed E-state index contributed by atoms with van der Waals surface area (Å²) in [4.78, 5) is 4.33. The standard InChI is InChI=1S/C18H15N3/c1-2-6-17(7-3-1)21-20-14-15-9-11-16(12-10-15)18-8-4-5-13-19-18/h1-14,21H. The molecular weight excluding hydrogens is 258 g/mol. The summed E-state index contributed by atoms with van der Waals surface area (Å²) in [6, 6.07) is 23.9. The van der Waals surface area contributed by atoms with Gasteiger partial charge < -0.3 is 0 Å². The van der Waals surface area contributed by atoms with E-state index in [1.165, 1.54) is 0 Å². The fourth-order valence-electron chi connectivity index (χ4n) is 1.97. The Morgan fingerprint density at radius 2 is 1.57 bits per heavy atom. The molecule has 0 aliphatic carbocycles. The Hall–Kier alpha value is -2.94. The maximum atomic E-state index is 4.33. The number of hydrogen-bond acceptors (Lipinski definition) is 3. The molecule has 0 spiro atoms. The fourth-order valence-corrected chi connectivity index (χ4v) is 1.97. The average Bonchev–Trinajstić information content (AvgIpc) is 2.57. The molecule has 1 N–H and O–H groups in total. The first kappa shape index (κ1) is 13.1. The molecule has 0 radical (unpaired) electrons. The largest absolute Gasteiger partial charge is 0.279 e. The van der Waals surface area contributed by atoms with Gasteiger partial charge in [-0.05, 0) is 29.8 Å². The highest BCUT2D eigenvalue weighted by atomic mass is 15.3. The fraction of sp³-hybridized carbons (Fsp3) is 0. The van der Waals surface area contributed by atoms with Gasteiger partial charge in [0.25, 0.3) is 0 Å². The maximum Gasteiger partial charge on any atom is 0.0701 e. The minimum Gasteiger partial charge on any atom is -0.279 e. The van der Waals surface area contributed by atoms with E-state index < -0.39 is 0 Å². The van der Waals surface area contributed by atoms with Crippen LogP contribution in [0.25, 0.3) is 11.3 Å².